The first-order valence-corrected chi connectivity index (χ1v) is 4.99. The Kier molecular flexibility index (Phi) is 5.72. The number of hydrogen-bond donors (Lipinski definition) is 0. The van der Waals surface area contributed by atoms with Gasteiger partial charge in [-0.25, -0.2) is 4.31 Å². The first kappa shape index (κ1) is 11.1. The van der Waals surface area contributed by atoms with Gasteiger partial charge in [-0.05, 0) is 5.92 Å². The van der Waals surface area contributed by atoms with Crippen molar-refractivity contribution < 1.29 is 8.76 Å². The fourth-order valence-electron chi connectivity index (χ4n) is 0.772. The average molecular weight is 178 g/mol. The van der Waals surface area contributed by atoms with Gasteiger partial charge in [-0.1, -0.05) is 27.2 Å². The van der Waals surface area contributed by atoms with Gasteiger partial charge in [0.15, 0.2) is 0 Å². The van der Waals surface area contributed by atoms with Gasteiger partial charge in [0.2, 0.25) is 0 Å². The molecule has 0 aliphatic carbocycles. The van der Waals surface area contributed by atoms with Crippen LogP contribution in [0.4, 0.5) is 0 Å². The second-order valence-electron chi connectivity index (χ2n) is 2.71. The molecule has 0 spiro atoms. The molecule has 0 aromatic heterocycles. The van der Waals surface area contributed by atoms with Gasteiger partial charge in [-0.15, -0.1) is 0 Å². The van der Waals surface area contributed by atoms with Crippen molar-refractivity contribution in [3.8, 4) is 0 Å². The van der Waals surface area contributed by atoms with Crippen molar-refractivity contribution in [1.82, 2.24) is 4.31 Å². The molecule has 0 aromatic rings. The fraction of sp³-hybridized carbons (Fsp3) is 1.00. The SMILES string of the molecule is CCC(C)CN(CC)S(=O)[O-]. The van der Waals surface area contributed by atoms with Crippen LogP contribution < -0.4 is 0 Å². The van der Waals surface area contributed by atoms with Crippen molar-refractivity contribution >= 4 is 11.3 Å². The van der Waals surface area contributed by atoms with Gasteiger partial charge >= 0.3 is 0 Å². The summed E-state index contributed by atoms with van der Waals surface area (Å²) >= 11 is -2.04. The minimum atomic E-state index is -2.04. The molecule has 0 aliphatic heterocycles. The maximum absolute atomic E-state index is 10.5. The summed E-state index contributed by atoms with van der Waals surface area (Å²) in [6.07, 6.45) is 1.02. The van der Waals surface area contributed by atoms with Gasteiger partial charge in [-0.2, -0.15) is 0 Å². The molecule has 0 heterocycles. The van der Waals surface area contributed by atoms with E-state index in [0.29, 0.717) is 19.0 Å². The third-order valence-electron chi connectivity index (χ3n) is 1.78. The van der Waals surface area contributed by atoms with Crippen LogP contribution in [0.1, 0.15) is 27.2 Å². The van der Waals surface area contributed by atoms with Crippen molar-refractivity contribution in [1.29, 1.82) is 0 Å². The van der Waals surface area contributed by atoms with E-state index < -0.39 is 11.3 Å². The number of hydrogen-bond acceptors (Lipinski definition) is 2. The van der Waals surface area contributed by atoms with E-state index >= 15 is 0 Å². The predicted octanol–water partition coefficient (Wildman–Crippen LogP) is 1.15. The van der Waals surface area contributed by atoms with E-state index in [0.717, 1.165) is 6.42 Å². The molecule has 4 heteroatoms. The zero-order valence-corrected chi connectivity index (χ0v) is 8.19. The highest BCUT2D eigenvalue weighted by molar-refractivity contribution is 7.76. The van der Waals surface area contributed by atoms with Crippen molar-refractivity contribution in [2.24, 2.45) is 5.92 Å². The summed E-state index contributed by atoms with van der Waals surface area (Å²) in [5, 5.41) is 0. The predicted molar refractivity (Wildman–Crippen MR) is 45.6 cm³/mol. The molecule has 0 amide bonds. The van der Waals surface area contributed by atoms with Crippen LogP contribution in [0, 0.1) is 5.92 Å². The maximum Gasteiger partial charge on any atom is 0.0209 e. The topological polar surface area (TPSA) is 43.4 Å². The summed E-state index contributed by atoms with van der Waals surface area (Å²) < 4.78 is 22.5. The lowest BCUT2D eigenvalue weighted by Crippen LogP contribution is -2.29. The van der Waals surface area contributed by atoms with Crippen molar-refractivity contribution in [3.05, 3.63) is 0 Å². The minimum absolute atomic E-state index is 0.452. The molecule has 3 nitrogen and oxygen atoms in total. The zero-order chi connectivity index (χ0) is 8.85. The Hall–Kier alpha value is 0.0700. The monoisotopic (exact) mass is 178 g/mol. The molecular weight excluding hydrogens is 162 g/mol. The zero-order valence-electron chi connectivity index (χ0n) is 7.37. The van der Waals surface area contributed by atoms with E-state index in [4.69, 9.17) is 0 Å². The van der Waals surface area contributed by atoms with Crippen molar-refractivity contribution in [2.45, 2.75) is 27.2 Å². The molecule has 0 aromatic carbocycles. The summed E-state index contributed by atoms with van der Waals surface area (Å²) in [4.78, 5) is 0. The molecule has 0 bridgehead atoms. The largest absolute Gasteiger partial charge is 0.760 e. The second kappa shape index (κ2) is 5.69. The molecule has 0 saturated heterocycles. The molecule has 0 fully saturated rings. The molecule has 68 valence electrons. The van der Waals surface area contributed by atoms with Gasteiger partial charge < -0.3 is 4.55 Å². The summed E-state index contributed by atoms with van der Waals surface area (Å²) in [7, 11) is 0. The van der Waals surface area contributed by atoms with Crippen LogP contribution in [-0.2, 0) is 11.3 Å². The van der Waals surface area contributed by atoms with E-state index in [1.54, 1.807) is 0 Å². The quantitative estimate of drug-likeness (QED) is 0.593. The summed E-state index contributed by atoms with van der Waals surface area (Å²) in [5.74, 6) is 0.452. The van der Waals surface area contributed by atoms with Gasteiger partial charge in [0.1, 0.15) is 0 Å². The fourth-order valence-corrected chi connectivity index (χ4v) is 1.36. The first-order chi connectivity index (χ1) is 5.11. The Labute approximate surface area is 71.2 Å². The van der Waals surface area contributed by atoms with Crippen LogP contribution in [0.3, 0.4) is 0 Å². The third-order valence-corrected chi connectivity index (χ3v) is 2.60. The van der Waals surface area contributed by atoms with E-state index in [9.17, 15) is 8.76 Å². The van der Waals surface area contributed by atoms with Crippen molar-refractivity contribution in [3.63, 3.8) is 0 Å². The molecule has 0 rings (SSSR count). The van der Waals surface area contributed by atoms with Crippen LogP contribution in [0.15, 0.2) is 0 Å². The Morgan fingerprint density at radius 3 is 2.36 bits per heavy atom. The van der Waals surface area contributed by atoms with Gasteiger partial charge in [-0.3, -0.25) is 4.21 Å². The standard InChI is InChI=1S/C7H17NO2S/c1-4-7(3)6-8(5-2)11(9)10/h7H,4-6H2,1-3H3,(H,9,10)/p-1. The van der Waals surface area contributed by atoms with Crippen LogP contribution in [0.5, 0.6) is 0 Å². The van der Waals surface area contributed by atoms with Gasteiger partial charge in [0.05, 0.1) is 0 Å². The Bertz CT molecular complexity index is 130. The minimum Gasteiger partial charge on any atom is -0.760 e. The highest BCUT2D eigenvalue weighted by atomic mass is 32.2. The van der Waals surface area contributed by atoms with E-state index in [1.807, 2.05) is 6.92 Å². The Morgan fingerprint density at radius 1 is 1.55 bits per heavy atom. The van der Waals surface area contributed by atoms with Crippen LogP contribution in [-0.4, -0.2) is 26.2 Å². The second-order valence-corrected chi connectivity index (χ2v) is 3.66. The lowest BCUT2D eigenvalue weighted by Gasteiger charge is -2.24. The molecular formula is C7H16NO2S-. The molecule has 0 saturated carbocycles. The molecule has 11 heavy (non-hydrogen) atoms. The Morgan fingerprint density at radius 2 is 2.09 bits per heavy atom. The lowest BCUT2D eigenvalue weighted by molar-refractivity contribution is 0.347. The highest BCUT2D eigenvalue weighted by Crippen LogP contribution is 2.04. The normalized spacial score (nSPS) is 16.8. The molecule has 2 atom stereocenters. The van der Waals surface area contributed by atoms with E-state index in [2.05, 4.69) is 13.8 Å². The van der Waals surface area contributed by atoms with Crippen LogP contribution in [0.25, 0.3) is 0 Å². The highest BCUT2D eigenvalue weighted by Gasteiger charge is 2.06. The molecule has 2 unspecified atom stereocenters. The molecule has 0 aliphatic rings. The van der Waals surface area contributed by atoms with Crippen LogP contribution >= 0.6 is 0 Å². The summed E-state index contributed by atoms with van der Waals surface area (Å²) in [5.41, 5.74) is 0. The van der Waals surface area contributed by atoms with Gasteiger partial charge in [0.25, 0.3) is 0 Å². The average Bonchev–Trinajstić information content (AvgIpc) is 1.99. The first-order valence-electron chi connectivity index (χ1n) is 3.96. The summed E-state index contributed by atoms with van der Waals surface area (Å²) in [6, 6.07) is 0. The number of rotatable bonds is 5. The van der Waals surface area contributed by atoms with E-state index in [-0.39, 0.29) is 0 Å². The Balaban J connectivity index is 3.77. The van der Waals surface area contributed by atoms with Crippen LogP contribution in [0.2, 0.25) is 0 Å². The smallest absolute Gasteiger partial charge is 0.0209 e. The van der Waals surface area contributed by atoms with Crippen molar-refractivity contribution in [2.75, 3.05) is 13.1 Å². The molecule has 0 N–H and O–H groups in total. The maximum atomic E-state index is 10.5. The molecule has 0 radical (unpaired) electrons. The summed E-state index contributed by atoms with van der Waals surface area (Å²) in [6.45, 7) is 7.17. The lowest BCUT2D eigenvalue weighted by atomic mass is 10.1. The van der Waals surface area contributed by atoms with Gasteiger partial charge in [0, 0.05) is 24.4 Å². The number of nitrogens with zero attached hydrogens (tertiary/aromatic N) is 1. The van der Waals surface area contributed by atoms with E-state index in [1.165, 1.54) is 4.31 Å². The third kappa shape index (κ3) is 4.50.